The van der Waals surface area contributed by atoms with E-state index in [1.165, 1.54) is 11.1 Å². The highest BCUT2D eigenvalue weighted by molar-refractivity contribution is 5.84. The van der Waals surface area contributed by atoms with E-state index >= 15 is 0 Å². The van der Waals surface area contributed by atoms with E-state index in [1.54, 1.807) is 6.33 Å². The van der Waals surface area contributed by atoms with Crippen LogP contribution in [0.25, 0.3) is 11.0 Å². The Morgan fingerprint density at radius 3 is 2.60 bits per heavy atom. The molecule has 0 fully saturated rings. The van der Waals surface area contributed by atoms with Crippen molar-refractivity contribution in [3.63, 3.8) is 0 Å². The number of aryl methyl sites for hydroxylation is 2. The van der Waals surface area contributed by atoms with Crippen LogP contribution in [0.15, 0.2) is 18.5 Å². The lowest BCUT2D eigenvalue weighted by Crippen LogP contribution is -2.36. The molecule has 0 saturated carbocycles. The van der Waals surface area contributed by atoms with Gasteiger partial charge in [-0.15, -0.1) is 0 Å². The minimum absolute atomic E-state index is 0.0388. The van der Waals surface area contributed by atoms with Gasteiger partial charge in [0.15, 0.2) is 0 Å². The zero-order valence-corrected chi connectivity index (χ0v) is 12.9. The number of benzene rings is 1. The Morgan fingerprint density at radius 1 is 1.30 bits per heavy atom. The molecular weight excluding hydrogens is 250 g/mol. The summed E-state index contributed by atoms with van der Waals surface area (Å²) in [6.45, 7) is 10.1. The van der Waals surface area contributed by atoms with Crippen LogP contribution in [0.2, 0.25) is 0 Å². The summed E-state index contributed by atoms with van der Waals surface area (Å²) in [5.74, 6) is 0.0388. The topological polar surface area (TPSA) is 46.9 Å². The van der Waals surface area contributed by atoms with Gasteiger partial charge in [-0.2, -0.15) is 0 Å². The third-order valence-corrected chi connectivity index (χ3v) is 3.99. The van der Waals surface area contributed by atoms with Crippen LogP contribution in [0, 0.1) is 13.8 Å². The third-order valence-electron chi connectivity index (χ3n) is 3.99. The van der Waals surface area contributed by atoms with Crippen molar-refractivity contribution in [2.24, 2.45) is 0 Å². The van der Waals surface area contributed by atoms with Crippen LogP contribution in [0.1, 0.15) is 44.4 Å². The van der Waals surface area contributed by atoms with Crippen LogP contribution in [0.3, 0.4) is 0 Å². The van der Waals surface area contributed by atoms with Gasteiger partial charge >= 0.3 is 0 Å². The van der Waals surface area contributed by atoms with Gasteiger partial charge in [0.2, 0.25) is 5.91 Å². The predicted molar refractivity (Wildman–Crippen MR) is 81.8 cm³/mol. The highest BCUT2D eigenvalue weighted by Crippen LogP contribution is 2.21. The molecular formula is C16H23N3O. The third kappa shape index (κ3) is 2.69. The van der Waals surface area contributed by atoms with Crippen LogP contribution in [-0.4, -0.2) is 21.5 Å². The minimum atomic E-state index is -0.254. The standard InChI is InChI=1S/C16H23N3O/c1-6-12(4)18-16(20)13(5)19-9-17-14-7-10(2)11(3)8-15(14)19/h7-9,12-13H,6H2,1-5H3,(H,18,20). The van der Waals surface area contributed by atoms with Gasteiger partial charge in [-0.25, -0.2) is 4.98 Å². The first kappa shape index (κ1) is 14.6. The highest BCUT2D eigenvalue weighted by Gasteiger charge is 2.18. The number of carbonyl (C=O) groups is 1. The summed E-state index contributed by atoms with van der Waals surface area (Å²) in [6.07, 6.45) is 2.69. The van der Waals surface area contributed by atoms with Gasteiger partial charge in [-0.1, -0.05) is 6.92 Å². The van der Waals surface area contributed by atoms with E-state index in [4.69, 9.17) is 0 Å². The molecule has 20 heavy (non-hydrogen) atoms. The first-order valence-electron chi connectivity index (χ1n) is 7.18. The summed E-state index contributed by atoms with van der Waals surface area (Å²) < 4.78 is 1.94. The van der Waals surface area contributed by atoms with Gasteiger partial charge in [-0.3, -0.25) is 4.79 Å². The van der Waals surface area contributed by atoms with Crippen LogP contribution >= 0.6 is 0 Å². The summed E-state index contributed by atoms with van der Waals surface area (Å²) in [5, 5.41) is 3.02. The molecule has 1 amide bonds. The largest absolute Gasteiger partial charge is 0.352 e. The molecule has 1 aromatic carbocycles. The van der Waals surface area contributed by atoms with Crippen molar-refractivity contribution in [2.75, 3.05) is 0 Å². The Hall–Kier alpha value is -1.84. The predicted octanol–water partition coefficient (Wildman–Crippen LogP) is 3.13. The Morgan fingerprint density at radius 2 is 1.95 bits per heavy atom. The number of amides is 1. The molecule has 0 aliphatic carbocycles. The van der Waals surface area contributed by atoms with E-state index in [2.05, 4.69) is 43.2 Å². The molecule has 0 radical (unpaired) electrons. The fraction of sp³-hybridized carbons (Fsp3) is 0.500. The second-order valence-corrected chi connectivity index (χ2v) is 5.57. The van der Waals surface area contributed by atoms with Gasteiger partial charge in [0.25, 0.3) is 0 Å². The molecule has 4 heteroatoms. The monoisotopic (exact) mass is 273 g/mol. The van der Waals surface area contributed by atoms with E-state index in [0.717, 1.165) is 17.5 Å². The van der Waals surface area contributed by atoms with E-state index < -0.39 is 0 Å². The summed E-state index contributed by atoms with van der Waals surface area (Å²) in [6, 6.07) is 4.12. The maximum absolute atomic E-state index is 12.2. The fourth-order valence-electron chi connectivity index (χ4n) is 2.18. The Labute approximate surface area is 120 Å². The quantitative estimate of drug-likeness (QED) is 0.930. The Bertz CT molecular complexity index is 630. The summed E-state index contributed by atoms with van der Waals surface area (Å²) >= 11 is 0. The average molecular weight is 273 g/mol. The maximum atomic E-state index is 12.2. The molecule has 2 unspecified atom stereocenters. The van der Waals surface area contributed by atoms with Gasteiger partial charge in [0.1, 0.15) is 6.04 Å². The molecule has 2 aromatic rings. The van der Waals surface area contributed by atoms with Crippen molar-refractivity contribution in [3.05, 3.63) is 29.6 Å². The SMILES string of the molecule is CCC(C)NC(=O)C(C)n1cnc2cc(C)c(C)cc21. The van der Waals surface area contributed by atoms with E-state index in [1.807, 2.05) is 18.4 Å². The van der Waals surface area contributed by atoms with Crippen molar-refractivity contribution in [1.82, 2.24) is 14.9 Å². The molecule has 2 rings (SSSR count). The first-order chi connectivity index (χ1) is 9.43. The highest BCUT2D eigenvalue weighted by atomic mass is 16.2. The molecule has 0 spiro atoms. The van der Waals surface area contributed by atoms with Crippen LogP contribution in [-0.2, 0) is 4.79 Å². The van der Waals surface area contributed by atoms with Crippen molar-refractivity contribution < 1.29 is 4.79 Å². The number of imidazole rings is 1. The number of rotatable bonds is 4. The molecule has 0 bridgehead atoms. The van der Waals surface area contributed by atoms with E-state index in [9.17, 15) is 4.79 Å². The van der Waals surface area contributed by atoms with Crippen molar-refractivity contribution in [2.45, 2.75) is 53.1 Å². The first-order valence-corrected chi connectivity index (χ1v) is 7.18. The van der Waals surface area contributed by atoms with E-state index in [-0.39, 0.29) is 18.0 Å². The number of nitrogens with one attached hydrogen (secondary N) is 1. The van der Waals surface area contributed by atoms with Crippen LogP contribution in [0.5, 0.6) is 0 Å². The zero-order chi connectivity index (χ0) is 14.9. The van der Waals surface area contributed by atoms with Gasteiger partial charge < -0.3 is 9.88 Å². The summed E-state index contributed by atoms with van der Waals surface area (Å²) in [5.41, 5.74) is 4.39. The number of aromatic nitrogens is 2. The maximum Gasteiger partial charge on any atom is 0.243 e. The Kier molecular flexibility index (Phi) is 4.12. The summed E-state index contributed by atoms with van der Waals surface area (Å²) in [7, 11) is 0. The van der Waals surface area contributed by atoms with Crippen LogP contribution in [0.4, 0.5) is 0 Å². The number of nitrogens with zero attached hydrogens (tertiary/aromatic N) is 2. The van der Waals surface area contributed by atoms with Gasteiger partial charge in [0, 0.05) is 6.04 Å². The molecule has 1 aromatic heterocycles. The molecule has 1 heterocycles. The summed E-state index contributed by atoms with van der Waals surface area (Å²) in [4.78, 5) is 16.7. The van der Waals surface area contributed by atoms with Crippen molar-refractivity contribution in [3.8, 4) is 0 Å². The number of hydrogen-bond acceptors (Lipinski definition) is 2. The fourth-order valence-corrected chi connectivity index (χ4v) is 2.18. The van der Waals surface area contributed by atoms with Crippen molar-refractivity contribution >= 4 is 16.9 Å². The lowest BCUT2D eigenvalue weighted by atomic mass is 10.1. The lowest BCUT2D eigenvalue weighted by molar-refractivity contribution is -0.124. The molecule has 0 saturated heterocycles. The average Bonchev–Trinajstić information content (AvgIpc) is 2.81. The minimum Gasteiger partial charge on any atom is -0.352 e. The Balaban J connectivity index is 2.33. The lowest BCUT2D eigenvalue weighted by Gasteiger charge is -2.18. The van der Waals surface area contributed by atoms with Gasteiger partial charge in [-0.05, 0) is 57.4 Å². The molecule has 108 valence electrons. The second kappa shape index (κ2) is 5.65. The number of carbonyl (C=O) groups excluding carboxylic acids is 1. The number of fused-ring (bicyclic) bond motifs is 1. The molecule has 0 aliphatic rings. The normalized spacial score (nSPS) is 14.2. The number of hydrogen-bond donors (Lipinski definition) is 1. The van der Waals surface area contributed by atoms with Gasteiger partial charge in [0.05, 0.1) is 17.4 Å². The van der Waals surface area contributed by atoms with E-state index in [0.29, 0.717) is 0 Å². The molecule has 4 nitrogen and oxygen atoms in total. The molecule has 0 aliphatic heterocycles. The molecule has 2 atom stereocenters. The molecule has 1 N–H and O–H groups in total. The van der Waals surface area contributed by atoms with Crippen molar-refractivity contribution in [1.29, 1.82) is 0 Å². The zero-order valence-electron chi connectivity index (χ0n) is 12.9. The van der Waals surface area contributed by atoms with Crippen LogP contribution < -0.4 is 5.32 Å². The smallest absolute Gasteiger partial charge is 0.243 e. The second-order valence-electron chi connectivity index (χ2n) is 5.57.